The third-order valence-corrected chi connectivity index (χ3v) is 5.36. The van der Waals surface area contributed by atoms with Crippen molar-refractivity contribution in [2.75, 3.05) is 6.54 Å². The van der Waals surface area contributed by atoms with Crippen LogP contribution < -0.4 is 11.1 Å². The van der Waals surface area contributed by atoms with Gasteiger partial charge in [0.1, 0.15) is 0 Å². The second kappa shape index (κ2) is 6.74. The van der Waals surface area contributed by atoms with E-state index in [9.17, 15) is 4.79 Å². The van der Waals surface area contributed by atoms with Gasteiger partial charge in [0, 0.05) is 12.6 Å². The highest BCUT2D eigenvalue weighted by Gasteiger charge is 2.38. The minimum atomic E-state index is -0.270. The Labute approximate surface area is 117 Å². The van der Waals surface area contributed by atoms with E-state index in [4.69, 9.17) is 5.73 Å². The van der Waals surface area contributed by atoms with E-state index in [0.29, 0.717) is 18.5 Å². The van der Waals surface area contributed by atoms with Gasteiger partial charge in [-0.25, -0.2) is 0 Å². The van der Waals surface area contributed by atoms with Gasteiger partial charge in [-0.2, -0.15) is 0 Å². The lowest BCUT2D eigenvalue weighted by atomic mass is 9.78. The Balaban J connectivity index is 1.99. The molecule has 19 heavy (non-hydrogen) atoms. The van der Waals surface area contributed by atoms with Crippen molar-refractivity contribution in [3.8, 4) is 0 Å². The maximum atomic E-state index is 12.7. The molecule has 3 nitrogen and oxygen atoms in total. The maximum Gasteiger partial charge on any atom is 0.227 e. The number of carbonyl (C=O) groups excluding carboxylic acids is 1. The first-order valence-corrected chi connectivity index (χ1v) is 8.19. The Morgan fingerprint density at radius 1 is 1.11 bits per heavy atom. The average Bonchev–Trinajstić information content (AvgIpc) is 2.67. The lowest BCUT2D eigenvalue weighted by Crippen LogP contribution is -2.51. The topological polar surface area (TPSA) is 55.1 Å². The fourth-order valence-corrected chi connectivity index (χ4v) is 3.78. The van der Waals surface area contributed by atoms with E-state index in [2.05, 4.69) is 12.2 Å². The van der Waals surface area contributed by atoms with Gasteiger partial charge in [0.25, 0.3) is 0 Å². The molecule has 2 unspecified atom stereocenters. The van der Waals surface area contributed by atoms with Gasteiger partial charge in [0.2, 0.25) is 5.91 Å². The molecule has 3 N–H and O–H groups in total. The highest BCUT2D eigenvalue weighted by atomic mass is 16.2. The minimum Gasteiger partial charge on any atom is -0.353 e. The highest BCUT2D eigenvalue weighted by molar-refractivity contribution is 5.83. The Morgan fingerprint density at radius 3 is 2.32 bits per heavy atom. The van der Waals surface area contributed by atoms with E-state index in [1.54, 1.807) is 0 Å². The number of rotatable bonds is 3. The summed E-state index contributed by atoms with van der Waals surface area (Å²) in [4.78, 5) is 12.7. The van der Waals surface area contributed by atoms with Crippen LogP contribution in [0, 0.1) is 11.3 Å². The van der Waals surface area contributed by atoms with Gasteiger partial charge < -0.3 is 11.1 Å². The molecule has 2 saturated carbocycles. The molecule has 0 aromatic rings. The third-order valence-electron chi connectivity index (χ3n) is 5.36. The van der Waals surface area contributed by atoms with Gasteiger partial charge in [-0.3, -0.25) is 4.79 Å². The fourth-order valence-electron chi connectivity index (χ4n) is 3.78. The van der Waals surface area contributed by atoms with E-state index >= 15 is 0 Å². The van der Waals surface area contributed by atoms with Crippen LogP contribution in [0.1, 0.15) is 71.1 Å². The molecule has 2 rings (SSSR count). The van der Waals surface area contributed by atoms with Gasteiger partial charge >= 0.3 is 0 Å². The minimum absolute atomic E-state index is 0.246. The molecule has 0 aliphatic heterocycles. The summed E-state index contributed by atoms with van der Waals surface area (Å²) in [6, 6.07) is 0.382. The molecule has 0 saturated heterocycles. The van der Waals surface area contributed by atoms with Crippen molar-refractivity contribution in [2.45, 2.75) is 77.2 Å². The average molecular weight is 266 g/mol. The second-order valence-corrected chi connectivity index (χ2v) is 6.74. The molecule has 3 heteroatoms. The molecular formula is C16H30N2O. The standard InChI is InChI=1S/C16H30N2O/c1-13-8-4-5-9-14(13)18-15(19)16(12-17)10-6-2-3-7-11-16/h13-14H,2-12,17H2,1H3,(H,18,19). The van der Waals surface area contributed by atoms with Crippen molar-refractivity contribution < 1.29 is 4.79 Å². The lowest BCUT2D eigenvalue weighted by molar-refractivity contribution is -0.132. The van der Waals surface area contributed by atoms with Crippen LogP contribution in [0.5, 0.6) is 0 Å². The second-order valence-electron chi connectivity index (χ2n) is 6.74. The number of hydrogen-bond acceptors (Lipinski definition) is 2. The smallest absolute Gasteiger partial charge is 0.227 e. The van der Waals surface area contributed by atoms with Crippen molar-refractivity contribution >= 4 is 5.91 Å². The molecule has 110 valence electrons. The fraction of sp³-hybridized carbons (Fsp3) is 0.938. The molecule has 2 atom stereocenters. The normalized spacial score (nSPS) is 31.5. The molecule has 0 aromatic carbocycles. The van der Waals surface area contributed by atoms with Crippen LogP contribution in [0.2, 0.25) is 0 Å². The van der Waals surface area contributed by atoms with E-state index in [0.717, 1.165) is 32.1 Å². The first-order chi connectivity index (χ1) is 9.18. The summed E-state index contributed by atoms with van der Waals surface area (Å²) in [6.07, 6.45) is 11.8. The van der Waals surface area contributed by atoms with E-state index in [1.807, 2.05) is 0 Å². The van der Waals surface area contributed by atoms with Gasteiger partial charge in [-0.05, 0) is 31.6 Å². The molecule has 0 bridgehead atoms. The van der Waals surface area contributed by atoms with E-state index in [1.165, 1.54) is 32.1 Å². The van der Waals surface area contributed by atoms with Crippen LogP contribution in [-0.4, -0.2) is 18.5 Å². The summed E-state index contributed by atoms with van der Waals surface area (Å²) in [5.74, 6) is 0.869. The summed E-state index contributed by atoms with van der Waals surface area (Å²) in [5.41, 5.74) is 5.72. The van der Waals surface area contributed by atoms with Crippen LogP contribution >= 0.6 is 0 Å². The summed E-state index contributed by atoms with van der Waals surface area (Å²) < 4.78 is 0. The Bertz CT molecular complexity index is 295. The Kier molecular flexibility index (Phi) is 5.26. The van der Waals surface area contributed by atoms with Crippen molar-refractivity contribution in [2.24, 2.45) is 17.1 Å². The largest absolute Gasteiger partial charge is 0.353 e. The molecule has 0 radical (unpaired) electrons. The molecular weight excluding hydrogens is 236 g/mol. The summed E-state index contributed by atoms with van der Waals surface area (Å²) in [6.45, 7) is 2.78. The number of carbonyl (C=O) groups is 1. The van der Waals surface area contributed by atoms with Gasteiger partial charge in [-0.15, -0.1) is 0 Å². The number of amides is 1. The van der Waals surface area contributed by atoms with Crippen molar-refractivity contribution in [1.29, 1.82) is 0 Å². The van der Waals surface area contributed by atoms with Crippen molar-refractivity contribution in [3.63, 3.8) is 0 Å². The van der Waals surface area contributed by atoms with Crippen molar-refractivity contribution in [3.05, 3.63) is 0 Å². The first kappa shape index (κ1) is 14.8. The predicted molar refractivity (Wildman–Crippen MR) is 78.8 cm³/mol. The van der Waals surface area contributed by atoms with Crippen LogP contribution in [0.15, 0.2) is 0 Å². The van der Waals surface area contributed by atoms with Gasteiger partial charge in [0.15, 0.2) is 0 Å². The highest BCUT2D eigenvalue weighted by Crippen LogP contribution is 2.35. The zero-order valence-corrected chi connectivity index (χ0v) is 12.4. The molecule has 0 spiro atoms. The SMILES string of the molecule is CC1CCCCC1NC(=O)C1(CN)CCCCCC1. The van der Waals surface area contributed by atoms with Crippen LogP contribution in [0.3, 0.4) is 0 Å². The molecule has 1 amide bonds. The Hall–Kier alpha value is -0.570. The predicted octanol–water partition coefficient (Wildman–Crippen LogP) is 2.98. The zero-order chi connectivity index (χ0) is 13.7. The molecule has 0 aromatic heterocycles. The first-order valence-electron chi connectivity index (χ1n) is 8.19. The number of nitrogens with two attached hydrogens (primary N) is 1. The Morgan fingerprint density at radius 2 is 1.74 bits per heavy atom. The summed E-state index contributed by atoms with van der Waals surface area (Å²) in [7, 11) is 0. The van der Waals surface area contributed by atoms with E-state index in [-0.39, 0.29) is 11.3 Å². The monoisotopic (exact) mass is 266 g/mol. The number of nitrogens with one attached hydrogen (secondary N) is 1. The molecule has 2 aliphatic carbocycles. The molecule has 2 fully saturated rings. The quantitative estimate of drug-likeness (QED) is 0.772. The zero-order valence-electron chi connectivity index (χ0n) is 12.4. The summed E-state index contributed by atoms with van der Waals surface area (Å²) >= 11 is 0. The maximum absolute atomic E-state index is 12.7. The van der Waals surface area contributed by atoms with Crippen LogP contribution in [0.4, 0.5) is 0 Å². The number of hydrogen-bond donors (Lipinski definition) is 2. The van der Waals surface area contributed by atoms with Crippen LogP contribution in [0.25, 0.3) is 0 Å². The van der Waals surface area contributed by atoms with Gasteiger partial charge in [0.05, 0.1) is 5.41 Å². The molecule has 0 heterocycles. The molecule has 2 aliphatic rings. The van der Waals surface area contributed by atoms with Gasteiger partial charge in [-0.1, -0.05) is 45.4 Å². The van der Waals surface area contributed by atoms with Crippen molar-refractivity contribution in [1.82, 2.24) is 5.32 Å². The third kappa shape index (κ3) is 3.50. The van der Waals surface area contributed by atoms with E-state index < -0.39 is 0 Å². The lowest BCUT2D eigenvalue weighted by Gasteiger charge is -2.35. The summed E-state index contributed by atoms with van der Waals surface area (Å²) in [5, 5.41) is 3.34. The van der Waals surface area contributed by atoms with Crippen LogP contribution in [-0.2, 0) is 4.79 Å².